The van der Waals surface area contributed by atoms with Gasteiger partial charge in [-0.3, -0.25) is 5.10 Å². The number of rotatable bonds is 6. The van der Waals surface area contributed by atoms with E-state index in [4.69, 9.17) is 4.74 Å². The lowest BCUT2D eigenvalue weighted by atomic mass is 9.79. The molecule has 0 radical (unpaired) electrons. The molecule has 5 rings (SSSR count). The van der Waals surface area contributed by atoms with Crippen molar-refractivity contribution in [3.05, 3.63) is 58.9 Å². The second-order valence-electron chi connectivity index (χ2n) is 10.6. The van der Waals surface area contributed by atoms with E-state index in [1.54, 1.807) is 25.3 Å². The molecular weight excluding hydrogens is 478 g/mol. The number of aryl methyl sites for hydroxylation is 1. The number of hydrogen-bond acceptors (Lipinski definition) is 4. The molecule has 2 aromatic heterocycles. The normalized spacial score (nSPS) is 20.1. The van der Waals surface area contributed by atoms with Crippen LogP contribution in [-0.2, 0) is 14.9 Å². The van der Waals surface area contributed by atoms with E-state index in [0.717, 1.165) is 0 Å². The fraction of sp³-hybridized carbons (Fsp3) is 0.393. The summed E-state index contributed by atoms with van der Waals surface area (Å²) < 4.78 is 38.0. The number of carbonyl (C=O) groups is 1. The van der Waals surface area contributed by atoms with Crippen molar-refractivity contribution in [2.75, 3.05) is 7.11 Å². The Morgan fingerprint density at radius 1 is 1.38 bits per heavy atom. The molecule has 2 N–H and O–H groups in total. The summed E-state index contributed by atoms with van der Waals surface area (Å²) in [6, 6.07) is 8.80. The minimum atomic E-state index is -1.38. The van der Waals surface area contributed by atoms with Gasteiger partial charge in [0.1, 0.15) is 11.3 Å². The summed E-state index contributed by atoms with van der Waals surface area (Å²) in [5.74, 6) is -2.24. The van der Waals surface area contributed by atoms with Crippen LogP contribution in [0.5, 0.6) is 0 Å². The summed E-state index contributed by atoms with van der Waals surface area (Å²) in [7, 11) is 1.39. The van der Waals surface area contributed by atoms with Crippen molar-refractivity contribution in [1.82, 2.24) is 14.8 Å². The van der Waals surface area contributed by atoms with E-state index < -0.39 is 22.8 Å². The molecule has 1 fully saturated rings. The number of nitrogens with one attached hydrogen (secondary N) is 1. The standard InChI is InChI=1S/C28H28F2N4O3/c1-15-11-18(5-6-19(15)29)34-20-12-17-14-32-33-24(17)23(30)22(20)21(25(34)27(2,3)9-10-31)16-7-8-28(13-16,37-4)26(35)36/h5-6,11-12,14,16H,7-9,13H2,1-4H3,(H,32,33)(H,35,36)/t16-,28+/m1/s1. The Labute approximate surface area is 212 Å². The first kappa shape index (κ1) is 24.9. The number of benzene rings is 2. The van der Waals surface area contributed by atoms with Gasteiger partial charge in [0.2, 0.25) is 0 Å². The van der Waals surface area contributed by atoms with Crippen LogP contribution in [0.2, 0.25) is 0 Å². The first-order valence-corrected chi connectivity index (χ1v) is 12.2. The highest BCUT2D eigenvalue weighted by molar-refractivity contribution is 6.00. The second-order valence-corrected chi connectivity index (χ2v) is 10.6. The van der Waals surface area contributed by atoms with Crippen LogP contribution in [0.3, 0.4) is 0 Å². The second kappa shape index (κ2) is 8.67. The predicted octanol–water partition coefficient (Wildman–Crippen LogP) is 6.02. The van der Waals surface area contributed by atoms with Crippen molar-refractivity contribution in [2.45, 2.75) is 63.4 Å². The van der Waals surface area contributed by atoms with Crippen molar-refractivity contribution in [3.8, 4) is 11.8 Å². The molecule has 1 aliphatic carbocycles. The molecule has 2 atom stereocenters. The maximum atomic E-state index is 16.3. The number of halogens is 2. The molecule has 2 heterocycles. The van der Waals surface area contributed by atoms with E-state index in [1.165, 1.54) is 13.2 Å². The van der Waals surface area contributed by atoms with Gasteiger partial charge in [-0.25, -0.2) is 13.6 Å². The highest BCUT2D eigenvalue weighted by Crippen LogP contribution is 2.51. The van der Waals surface area contributed by atoms with Crippen molar-refractivity contribution >= 4 is 27.8 Å². The molecule has 0 spiro atoms. The van der Waals surface area contributed by atoms with Gasteiger partial charge in [0.25, 0.3) is 0 Å². The largest absolute Gasteiger partial charge is 0.479 e. The molecule has 0 saturated heterocycles. The van der Waals surface area contributed by atoms with Crippen LogP contribution in [0.4, 0.5) is 8.78 Å². The first-order valence-electron chi connectivity index (χ1n) is 12.2. The molecule has 4 aromatic rings. The highest BCUT2D eigenvalue weighted by Gasteiger charge is 2.49. The van der Waals surface area contributed by atoms with Crippen molar-refractivity contribution in [3.63, 3.8) is 0 Å². The van der Waals surface area contributed by atoms with Gasteiger partial charge in [0.05, 0.1) is 17.8 Å². The lowest BCUT2D eigenvalue weighted by molar-refractivity contribution is -0.161. The smallest absolute Gasteiger partial charge is 0.335 e. The number of H-pyrrole nitrogens is 1. The van der Waals surface area contributed by atoms with Crippen LogP contribution >= 0.6 is 0 Å². The van der Waals surface area contributed by atoms with Crippen molar-refractivity contribution in [1.29, 1.82) is 5.26 Å². The molecule has 0 bridgehead atoms. The third-order valence-electron chi connectivity index (χ3n) is 7.87. The number of fused-ring (bicyclic) bond motifs is 2. The molecule has 0 amide bonds. The Kier molecular flexibility index (Phi) is 5.83. The molecule has 2 aromatic carbocycles. The number of ether oxygens (including phenoxy) is 1. The summed E-state index contributed by atoms with van der Waals surface area (Å²) >= 11 is 0. The van der Waals surface area contributed by atoms with Gasteiger partial charge in [-0.2, -0.15) is 10.4 Å². The van der Waals surface area contributed by atoms with E-state index in [9.17, 15) is 19.6 Å². The number of methoxy groups -OCH3 is 1. The highest BCUT2D eigenvalue weighted by atomic mass is 19.1. The lowest BCUT2D eigenvalue weighted by Gasteiger charge is -2.29. The number of aromatic amines is 1. The van der Waals surface area contributed by atoms with E-state index in [-0.39, 0.29) is 36.5 Å². The fourth-order valence-electron chi connectivity index (χ4n) is 5.93. The molecule has 7 nitrogen and oxygen atoms in total. The Morgan fingerprint density at radius 3 is 2.76 bits per heavy atom. The zero-order valence-corrected chi connectivity index (χ0v) is 21.2. The third kappa shape index (κ3) is 3.70. The number of aliphatic carboxylic acids is 1. The van der Waals surface area contributed by atoms with Crippen LogP contribution in [0, 0.1) is 29.9 Å². The summed E-state index contributed by atoms with van der Waals surface area (Å²) in [5.41, 5.74) is 1.11. The molecule has 1 aliphatic rings. The molecule has 0 unspecified atom stereocenters. The minimum absolute atomic E-state index is 0.138. The zero-order valence-electron chi connectivity index (χ0n) is 21.2. The van der Waals surface area contributed by atoms with E-state index >= 15 is 4.39 Å². The van der Waals surface area contributed by atoms with Crippen LogP contribution in [0.15, 0.2) is 30.5 Å². The number of hydrogen-bond donors (Lipinski definition) is 2. The minimum Gasteiger partial charge on any atom is -0.479 e. The van der Waals surface area contributed by atoms with Crippen LogP contribution in [-0.4, -0.2) is 38.6 Å². The Morgan fingerprint density at radius 2 is 2.14 bits per heavy atom. The first-order chi connectivity index (χ1) is 17.5. The summed E-state index contributed by atoms with van der Waals surface area (Å²) in [6.45, 7) is 5.50. The lowest BCUT2D eigenvalue weighted by Crippen LogP contribution is -2.37. The van der Waals surface area contributed by atoms with Gasteiger partial charge in [0, 0.05) is 41.1 Å². The molecule has 1 saturated carbocycles. The maximum Gasteiger partial charge on any atom is 0.335 e. The SMILES string of the molecule is CO[C@@]1(C(=O)O)CC[C@@H](c2c(C(C)(C)CC#N)n(-c3ccc(F)c(C)c3)c3cc4cn[nH]c4c(F)c23)C1. The molecule has 0 aliphatic heterocycles. The summed E-state index contributed by atoms with van der Waals surface area (Å²) in [4.78, 5) is 12.2. The summed E-state index contributed by atoms with van der Waals surface area (Å²) in [6.07, 6.45) is 2.59. The maximum absolute atomic E-state index is 16.3. The molecular formula is C28H28F2N4O3. The Bertz CT molecular complexity index is 1600. The average molecular weight is 507 g/mol. The van der Waals surface area contributed by atoms with Gasteiger partial charge in [-0.15, -0.1) is 0 Å². The predicted molar refractivity (Wildman–Crippen MR) is 135 cm³/mol. The quantitative estimate of drug-likeness (QED) is 0.333. The van der Waals surface area contributed by atoms with Gasteiger partial charge in [-0.1, -0.05) is 13.8 Å². The van der Waals surface area contributed by atoms with Gasteiger partial charge in [-0.05, 0) is 67.5 Å². The summed E-state index contributed by atoms with van der Waals surface area (Å²) in [5, 5.41) is 27.4. The molecule has 192 valence electrons. The monoisotopic (exact) mass is 506 g/mol. The number of carboxylic acids is 1. The number of carboxylic acid groups (broad SMARTS) is 1. The Balaban J connectivity index is 1.93. The number of aromatic nitrogens is 3. The van der Waals surface area contributed by atoms with Crippen LogP contribution < -0.4 is 0 Å². The van der Waals surface area contributed by atoms with Gasteiger partial charge in [0.15, 0.2) is 11.4 Å². The van der Waals surface area contributed by atoms with E-state index in [2.05, 4.69) is 16.3 Å². The topological polar surface area (TPSA) is 104 Å². The zero-order chi connectivity index (χ0) is 26.7. The number of nitriles is 1. The van der Waals surface area contributed by atoms with E-state index in [1.807, 2.05) is 24.5 Å². The number of nitrogens with zero attached hydrogens (tertiary/aromatic N) is 3. The molecule has 9 heteroatoms. The van der Waals surface area contributed by atoms with Gasteiger partial charge >= 0.3 is 5.97 Å². The van der Waals surface area contributed by atoms with Crippen LogP contribution in [0.25, 0.3) is 27.5 Å². The Hall–Kier alpha value is -3.77. The van der Waals surface area contributed by atoms with Crippen molar-refractivity contribution < 1.29 is 23.4 Å². The van der Waals surface area contributed by atoms with Crippen LogP contribution in [0.1, 0.15) is 62.3 Å². The molecule has 37 heavy (non-hydrogen) atoms. The fourth-order valence-corrected chi connectivity index (χ4v) is 5.93. The average Bonchev–Trinajstić information content (AvgIpc) is 3.57. The van der Waals surface area contributed by atoms with E-state index in [0.29, 0.717) is 45.2 Å². The van der Waals surface area contributed by atoms with Crippen molar-refractivity contribution in [2.24, 2.45) is 0 Å². The van der Waals surface area contributed by atoms with Gasteiger partial charge < -0.3 is 14.4 Å². The third-order valence-corrected chi connectivity index (χ3v) is 7.87.